The highest BCUT2D eigenvalue weighted by atomic mass is 79.9. The van der Waals surface area contributed by atoms with Crippen molar-refractivity contribution in [2.45, 2.75) is 44.2 Å². The van der Waals surface area contributed by atoms with E-state index in [-0.39, 0.29) is 12.6 Å². The Morgan fingerprint density at radius 3 is 2.68 bits per heavy atom. The van der Waals surface area contributed by atoms with Crippen molar-refractivity contribution in [3.63, 3.8) is 0 Å². The van der Waals surface area contributed by atoms with Crippen LogP contribution in [0.5, 0.6) is 0 Å². The lowest BCUT2D eigenvalue weighted by Crippen LogP contribution is -2.34. The van der Waals surface area contributed by atoms with Gasteiger partial charge in [-0.15, -0.1) is 0 Å². The Bertz CT molecular complexity index is 586. The fraction of sp³-hybridized carbons (Fsp3) is 0.538. The Morgan fingerprint density at radius 1 is 1.47 bits per heavy atom. The predicted octanol–water partition coefficient (Wildman–Crippen LogP) is 2.42. The summed E-state index contributed by atoms with van der Waals surface area (Å²) in [6.45, 7) is 4.12. The molecule has 1 aromatic rings. The molecule has 4 nitrogen and oxygen atoms in total. The average Bonchev–Trinajstić information content (AvgIpc) is 2.79. The number of rotatable bonds is 3. The number of hydrogen-bond donors (Lipinski definition) is 1. The summed E-state index contributed by atoms with van der Waals surface area (Å²) in [4.78, 5) is 0.291. The van der Waals surface area contributed by atoms with E-state index >= 15 is 0 Å². The molecular formula is C13H18BrNO3S. The topological polar surface area (TPSA) is 57.6 Å². The second-order valence-electron chi connectivity index (χ2n) is 4.97. The largest absolute Gasteiger partial charge is 0.392 e. The first-order valence-corrected chi connectivity index (χ1v) is 8.53. The molecule has 106 valence electrons. The zero-order valence-electron chi connectivity index (χ0n) is 11.1. The maximum atomic E-state index is 12.7. The second kappa shape index (κ2) is 5.52. The quantitative estimate of drug-likeness (QED) is 0.913. The third-order valence-corrected chi connectivity index (χ3v) is 6.58. The second-order valence-corrected chi connectivity index (χ2v) is 7.68. The van der Waals surface area contributed by atoms with E-state index in [4.69, 9.17) is 0 Å². The van der Waals surface area contributed by atoms with Gasteiger partial charge in [-0.05, 0) is 49.9 Å². The lowest BCUT2D eigenvalue weighted by Gasteiger charge is -2.22. The van der Waals surface area contributed by atoms with Crippen molar-refractivity contribution >= 4 is 26.0 Å². The van der Waals surface area contributed by atoms with Crippen molar-refractivity contribution in [3.05, 3.63) is 27.7 Å². The molecule has 1 heterocycles. The van der Waals surface area contributed by atoms with Crippen LogP contribution < -0.4 is 0 Å². The normalized spacial score (nSPS) is 20.9. The van der Waals surface area contributed by atoms with E-state index in [1.165, 1.54) is 0 Å². The van der Waals surface area contributed by atoms with E-state index in [2.05, 4.69) is 15.9 Å². The molecule has 6 heteroatoms. The molecule has 0 aromatic heterocycles. The third kappa shape index (κ3) is 2.72. The highest BCUT2D eigenvalue weighted by Gasteiger charge is 2.34. The first kappa shape index (κ1) is 15.0. The van der Waals surface area contributed by atoms with Crippen LogP contribution in [0, 0.1) is 6.92 Å². The fourth-order valence-electron chi connectivity index (χ4n) is 2.46. The minimum atomic E-state index is -3.48. The number of sulfonamides is 1. The summed E-state index contributed by atoms with van der Waals surface area (Å²) in [5.74, 6) is 0. The Hall–Kier alpha value is -0.430. The summed E-state index contributed by atoms with van der Waals surface area (Å²) in [7, 11) is -3.48. The zero-order chi connectivity index (χ0) is 14.2. The molecule has 1 unspecified atom stereocenters. The Labute approximate surface area is 122 Å². The van der Waals surface area contributed by atoms with Crippen LogP contribution in [0.2, 0.25) is 0 Å². The third-order valence-electron chi connectivity index (χ3n) is 3.62. The standard InChI is InChI=1S/C13H18BrNO3S/c1-9-4-3-5-15(9)19(17,18)13-7-11(8-16)6-12(14)10(13)2/h6-7,9,16H,3-5,8H2,1-2H3. The fourth-order valence-corrected chi connectivity index (χ4v) is 5.09. The van der Waals surface area contributed by atoms with Crippen LogP contribution in [0.3, 0.4) is 0 Å². The van der Waals surface area contributed by atoms with Crippen LogP contribution in [-0.4, -0.2) is 30.4 Å². The van der Waals surface area contributed by atoms with Gasteiger partial charge in [0.2, 0.25) is 10.0 Å². The van der Waals surface area contributed by atoms with Gasteiger partial charge in [-0.1, -0.05) is 15.9 Å². The van der Waals surface area contributed by atoms with Crippen molar-refractivity contribution in [1.29, 1.82) is 0 Å². The van der Waals surface area contributed by atoms with Gasteiger partial charge in [-0.2, -0.15) is 4.31 Å². The van der Waals surface area contributed by atoms with Crippen molar-refractivity contribution < 1.29 is 13.5 Å². The van der Waals surface area contributed by atoms with Gasteiger partial charge < -0.3 is 5.11 Å². The molecule has 0 bridgehead atoms. The van der Waals surface area contributed by atoms with Gasteiger partial charge in [0.15, 0.2) is 0 Å². The molecule has 1 aliphatic rings. The van der Waals surface area contributed by atoms with Crippen LogP contribution in [0.25, 0.3) is 0 Å². The molecule has 19 heavy (non-hydrogen) atoms. The van der Waals surface area contributed by atoms with Gasteiger partial charge in [0, 0.05) is 17.1 Å². The van der Waals surface area contributed by atoms with Crippen LogP contribution in [0.1, 0.15) is 30.9 Å². The molecule has 1 saturated heterocycles. The van der Waals surface area contributed by atoms with Gasteiger partial charge >= 0.3 is 0 Å². The van der Waals surface area contributed by atoms with Crippen LogP contribution in [-0.2, 0) is 16.6 Å². The molecule has 2 rings (SSSR count). The smallest absolute Gasteiger partial charge is 0.243 e. The van der Waals surface area contributed by atoms with Crippen molar-refractivity contribution in [1.82, 2.24) is 4.31 Å². The number of hydrogen-bond acceptors (Lipinski definition) is 3. The van der Waals surface area contributed by atoms with Gasteiger partial charge in [0.05, 0.1) is 11.5 Å². The molecule has 0 amide bonds. The number of aliphatic hydroxyl groups excluding tert-OH is 1. The van der Waals surface area contributed by atoms with E-state index in [1.54, 1.807) is 23.4 Å². The molecule has 1 aromatic carbocycles. The molecular weight excluding hydrogens is 330 g/mol. The monoisotopic (exact) mass is 347 g/mol. The number of aliphatic hydroxyl groups is 1. The molecule has 1 N–H and O–H groups in total. The Balaban J connectivity index is 2.54. The zero-order valence-corrected chi connectivity index (χ0v) is 13.5. The number of benzene rings is 1. The highest BCUT2D eigenvalue weighted by molar-refractivity contribution is 9.10. The van der Waals surface area contributed by atoms with Gasteiger partial charge in [0.25, 0.3) is 0 Å². The molecule has 1 fully saturated rings. The first-order chi connectivity index (χ1) is 8.87. The molecule has 0 aliphatic carbocycles. The lowest BCUT2D eigenvalue weighted by atomic mass is 10.2. The van der Waals surface area contributed by atoms with E-state index in [0.717, 1.165) is 12.8 Å². The van der Waals surface area contributed by atoms with Crippen LogP contribution in [0.4, 0.5) is 0 Å². The Kier molecular flexibility index (Phi) is 4.35. The molecule has 0 spiro atoms. The minimum Gasteiger partial charge on any atom is -0.392 e. The molecule has 1 atom stereocenters. The van der Waals surface area contributed by atoms with Gasteiger partial charge in [-0.25, -0.2) is 8.42 Å². The summed E-state index contributed by atoms with van der Waals surface area (Å²) in [6, 6.07) is 3.36. The molecule has 1 aliphatic heterocycles. The van der Waals surface area contributed by atoms with E-state index in [9.17, 15) is 13.5 Å². The first-order valence-electron chi connectivity index (χ1n) is 6.29. The summed E-state index contributed by atoms with van der Waals surface area (Å²) in [6.07, 6.45) is 1.81. The minimum absolute atomic E-state index is 0.0426. The summed E-state index contributed by atoms with van der Waals surface area (Å²) >= 11 is 3.36. The Morgan fingerprint density at radius 2 is 2.16 bits per heavy atom. The van der Waals surface area contributed by atoms with Crippen molar-refractivity contribution in [2.24, 2.45) is 0 Å². The average molecular weight is 348 g/mol. The number of halogens is 1. The maximum Gasteiger partial charge on any atom is 0.243 e. The number of nitrogens with zero attached hydrogens (tertiary/aromatic N) is 1. The SMILES string of the molecule is Cc1c(Br)cc(CO)cc1S(=O)(=O)N1CCCC1C. The lowest BCUT2D eigenvalue weighted by molar-refractivity contribution is 0.281. The predicted molar refractivity (Wildman–Crippen MR) is 77.4 cm³/mol. The molecule has 0 radical (unpaired) electrons. The van der Waals surface area contributed by atoms with Gasteiger partial charge in [-0.3, -0.25) is 0 Å². The summed E-state index contributed by atoms with van der Waals surface area (Å²) in [5.41, 5.74) is 1.29. The summed E-state index contributed by atoms with van der Waals surface area (Å²) < 4.78 is 27.7. The summed E-state index contributed by atoms with van der Waals surface area (Å²) in [5, 5.41) is 9.23. The molecule has 0 saturated carbocycles. The highest BCUT2D eigenvalue weighted by Crippen LogP contribution is 2.31. The van der Waals surface area contributed by atoms with Crippen molar-refractivity contribution in [2.75, 3.05) is 6.54 Å². The van der Waals surface area contributed by atoms with E-state index < -0.39 is 10.0 Å². The van der Waals surface area contributed by atoms with Gasteiger partial charge in [0.1, 0.15) is 0 Å². The maximum absolute atomic E-state index is 12.7. The van der Waals surface area contributed by atoms with Crippen LogP contribution >= 0.6 is 15.9 Å². The van der Waals surface area contributed by atoms with E-state index in [0.29, 0.717) is 27.0 Å². The van der Waals surface area contributed by atoms with Crippen LogP contribution in [0.15, 0.2) is 21.5 Å². The van der Waals surface area contributed by atoms with Crippen molar-refractivity contribution in [3.8, 4) is 0 Å². The van der Waals surface area contributed by atoms with E-state index in [1.807, 2.05) is 6.92 Å².